The molecule has 12 heteroatoms. The van der Waals surface area contributed by atoms with E-state index in [1.807, 2.05) is 0 Å². The molecular formula is C16H15BrF3IN4O3. The van der Waals surface area contributed by atoms with E-state index in [-0.39, 0.29) is 37.9 Å². The summed E-state index contributed by atoms with van der Waals surface area (Å²) in [6.07, 6.45) is -5.66. The predicted molar refractivity (Wildman–Crippen MR) is 109 cm³/mol. The van der Waals surface area contributed by atoms with Gasteiger partial charge >= 0.3 is 18.0 Å². The number of aromatic nitrogens is 2. The molecule has 2 N–H and O–H groups in total. The Labute approximate surface area is 179 Å². The summed E-state index contributed by atoms with van der Waals surface area (Å²) >= 11 is 4.71. The fraction of sp³-hybridized carbons (Fsp3) is 0.438. The van der Waals surface area contributed by atoms with Crippen LogP contribution >= 0.6 is 38.5 Å². The van der Waals surface area contributed by atoms with Gasteiger partial charge in [0.2, 0.25) is 0 Å². The smallest absolute Gasteiger partial charge is 0.417 e. The maximum atomic E-state index is 13.5. The van der Waals surface area contributed by atoms with Gasteiger partial charge in [-0.05, 0) is 58.4 Å². The van der Waals surface area contributed by atoms with Gasteiger partial charge in [-0.2, -0.15) is 18.2 Å². The Morgan fingerprint density at radius 2 is 1.93 bits per heavy atom. The Hall–Kier alpha value is -1.57. The zero-order valence-corrected chi connectivity index (χ0v) is 18.4. The van der Waals surface area contributed by atoms with Crippen LogP contribution in [-0.4, -0.2) is 51.2 Å². The van der Waals surface area contributed by atoms with Crippen molar-refractivity contribution in [2.24, 2.45) is 0 Å². The number of carbonyl (C=O) groups is 1. The molecule has 1 aromatic heterocycles. The molecule has 2 heterocycles. The summed E-state index contributed by atoms with van der Waals surface area (Å²) in [5, 5.41) is 9.51. The fourth-order valence-corrected chi connectivity index (χ4v) is 4.79. The number of anilines is 1. The molecule has 0 aliphatic carbocycles. The normalized spacial score (nSPS) is 20.7. The van der Waals surface area contributed by atoms with Crippen LogP contribution in [0.1, 0.15) is 19.4 Å². The molecule has 28 heavy (non-hydrogen) atoms. The van der Waals surface area contributed by atoms with Gasteiger partial charge in [-0.1, -0.05) is 0 Å². The minimum Gasteiger partial charge on any atom is -0.465 e. The van der Waals surface area contributed by atoms with Crippen molar-refractivity contribution < 1.29 is 23.1 Å². The van der Waals surface area contributed by atoms with Crippen LogP contribution in [0.2, 0.25) is 0 Å². The molecule has 7 nitrogen and oxygen atoms in total. The maximum Gasteiger partial charge on any atom is 0.417 e. The summed E-state index contributed by atoms with van der Waals surface area (Å²) in [5.41, 5.74) is -1.31. The van der Waals surface area contributed by atoms with E-state index >= 15 is 0 Å². The number of H-pyrrole nitrogens is 1. The number of nitrogens with zero attached hydrogens (tertiary/aromatic N) is 3. The van der Waals surface area contributed by atoms with Crippen LogP contribution in [-0.2, 0) is 6.18 Å². The van der Waals surface area contributed by atoms with Crippen molar-refractivity contribution in [2.45, 2.75) is 32.1 Å². The van der Waals surface area contributed by atoms with E-state index in [2.05, 4.69) is 25.9 Å². The first-order valence-electron chi connectivity index (χ1n) is 8.17. The third-order valence-corrected chi connectivity index (χ3v) is 7.28. The number of benzene rings is 1. The summed E-state index contributed by atoms with van der Waals surface area (Å²) in [5.74, 6) is 0.110. The summed E-state index contributed by atoms with van der Waals surface area (Å²) in [4.78, 5) is 32.9. The van der Waals surface area contributed by atoms with Gasteiger partial charge in [-0.3, -0.25) is 4.90 Å². The number of hydrogen-bond donors (Lipinski definition) is 2. The Bertz CT molecular complexity index is 1000. The number of nitrogens with one attached hydrogen (secondary N) is 1. The lowest BCUT2D eigenvalue weighted by molar-refractivity contribution is -0.138. The predicted octanol–water partition coefficient (Wildman–Crippen LogP) is 3.89. The number of fused-ring (bicyclic) bond motifs is 1. The molecule has 1 aliphatic heterocycles. The largest absolute Gasteiger partial charge is 0.465 e. The van der Waals surface area contributed by atoms with Gasteiger partial charge in [-0.15, -0.1) is 0 Å². The van der Waals surface area contributed by atoms with Crippen molar-refractivity contribution >= 4 is 61.3 Å². The molecule has 1 fully saturated rings. The minimum atomic E-state index is -4.59. The number of piperazine rings is 1. The van der Waals surface area contributed by atoms with Gasteiger partial charge in [0.15, 0.2) is 0 Å². The van der Waals surface area contributed by atoms with E-state index in [0.29, 0.717) is 0 Å². The average molecular weight is 575 g/mol. The van der Waals surface area contributed by atoms with Gasteiger partial charge in [0.1, 0.15) is 5.82 Å². The zero-order valence-electron chi connectivity index (χ0n) is 14.6. The van der Waals surface area contributed by atoms with Crippen LogP contribution in [0.25, 0.3) is 10.9 Å². The first-order chi connectivity index (χ1) is 12.9. The SMILES string of the molecule is C[C@@H]1CN(c2nc(=O)[nH]c3c(I)c(Br)c(C(F)(F)F)cc23)C[C@H](C)N1C(=O)O. The van der Waals surface area contributed by atoms with Crippen molar-refractivity contribution in [3.05, 3.63) is 30.2 Å². The molecule has 0 saturated carbocycles. The second-order valence-corrected chi connectivity index (χ2v) is 8.50. The van der Waals surface area contributed by atoms with E-state index in [1.165, 1.54) is 4.90 Å². The highest BCUT2D eigenvalue weighted by atomic mass is 127. The maximum absolute atomic E-state index is 13.5. The van der Waals surface area contributed by atoms with Crippen LogP contribution < -0.4 is 10.6 Å². The highest BCUT2D eigenvalue weighted by molar-refractivity contribution is 14.1. The summed E-state index contributed by atoms with van der Waals surface area (Å²) in [6, 6.07) is 0.113. The molecule has 1 aliphatic rings. The lowest BCUT2D eigenvalue weighted by Crippen LogP contribution is -2.58. The van der Waals surface area contributed by atoms with Crippen molar-refractivity contribution in [1.29, 1.82) is 0 Å². The number of halogens is 5. The molecule has 2 atom stereocenters. The fourth-order valence-electron chi connectivity index (χ4n) is 3.54. The first-order valence-corrected chi connectivity index (χ1v) is 10.0. The second-order valence-electron chi connectivity index (χ2n) is 6.63. The Kier molecular flexibility index (Phi) is 5.55. The Morgan fingerprint density at radius 3 is 2.43 bits per heavy atom. The standard InChI is InChI=1S/C16H15BrF3IN4O3/c1-6-4-24(5-7(2)25(6)15(27)28)13-8-3-9(16(18,19)20)10(17)11(21)12(8)22-14(26)23-13/h3,6-7H,4-5H2,1-2H3,(H,27,28)(H,22,23,26)/t6-,7+. The number of amides is 1. The van der Waals surface area contributed by atoms with Gasteiger partial charge < -0.3 is 15.0 Å². The molecule has 1 amide bonds. The monoisotopic (exact) mass is 574 g/mol. The van der Waals surface area contributed by atoms with Crippen molar-refractivity contribution in [1.82, 2.24) is 14.9 Å². The number of rotatable bonds is 1. The lowest BCUT2D eigenvalue weighted by Gasteiger charge is -2.43. The number of alkyl halides is 3. The van der Waals surface area contributed by atoms with Crippen molar-refractivity contribution in [3.8, 4) is 0 Å². The van der Waals surface area contributed by atoms with E-state index in [4.69, 9.17) is 0 Å². The van der Waals surface area contributed by atoms with Crippen LogP contribution in [0, 0.1) is 3.57 Å². The molecule has 1 aromatic carbocycles. The van der Waals surface area contributed by atoms with Crippen molar-refractivity contribution in [2.75, 3.05) is 18.0 Å². The molecule has 152 valence electrons. The third-order valence-electron chi connectivity index (χ3n) is 4.63. The molecule has 1 saturated heterocycles. The van der Waals surface area contributed by atoms with E-state index in [9.17, 15) is 27.9 Å². The summed E-state index contributed by atoms with van der Waals surface area (Å²) in [6.45, 7) is 3.81. The van der Waals surface area contributed by atoms with Gasteiger partial charge in [0, 0.05) is 22.9 Å². The summed E-state index contributed by atoms with van der Waals surface area (Å²) < 4.78 is 40.5. The molecule has 3 rings (SSSR count). The Balaban J connectivity index is 2.20. The van der Waals surface area contributed by atoms with E-state index < -0.39 is 35.6 Å². The zero-order chi connectivity index (χ0) is 21.0. The van der Waals surface area contributed by atoms with Crippen LogP contribution in [0.4, 0.5) is 23.8 Å². The molecule has 0 radical (unpaired) electrons. The Morgan fingerprint density at radius 1 is 1.36 bits per heavy atom. The van der Waals surface area contributed by atoms with E-state index in [0.717, 1.165) is 6.07 Å². The summed E-state index contributed by atoms with van der Waals surface area (Å²) in [7, 11) is 0. The average Bonchev–Trinajstić information content (AvgIpc) is 2.55. The number of hydrogen-bond acceptors (Lipinski definition) is 4. The molecule has 0 spiro atoms. The minimum absolute atomic E-state index is 0.110. The topological polar surface area (TPSA) is 89.5 Å². The quantitative estimate of drug-likeness (QED) is 0.505. The highest BCUT2D eigenvalue weighted by Crippen LogP contribution is 2.41. The molecular weight excluding hydrogens is 560 g/mol. The lowest BCUT2D eigenvalue weighted by atomic mass is 10.1. The molecule has 0 bridgehead atoms. The highest BCUT2D eigenvalue weighted by Gasteiger charge is 2.37. The van der Waals surface area contributed by atoms with Crippen LogP contribution in [0.15, 0.2) is 15.3 Å². The van der Waals surface area contributed by atoms with Crippen LogP contribution in [0.5, 0.6) is 0 Å². The molecule has 0 unspecified atom stereocenters. The third kappa shape index (κ3) is 3.67. The van der Waals surface area contributed by atoms with Crippen LogP contribution in [0.3, 0.4) is 0 Å². The van der Waals surface area contributed by atoms with Gasteiger partial charge in [-0.25, -0.2) is 9.59 Å². The molecule has 2 aromatic rings. The van der Waals surface area contributed by atoms with E-state index in [1.54, 1.807) is 41.3 Å². The second kappa shape index (κ2) is 7.35. The van der Waals surface area contributed by atoms with Gasteiger partial charge in [0.25, 0.3) is 0 Å². The number of aromatic amines is 1. The first kappa shape index (κ1) is 21.1. The van der Waals surface area contributed by atoms with Crippen molar-refractivity contribution in [3.63, 3.8) is 0 Å². The number of carboxylic acid groups (broad SMARTS) is 1. The van der Waals surface area contributed by atoms with Gasteiger partial charge in [0.05, 0.1) is 26.7 Å².